The molecule has 2 unspecified atom stereocenters. The highest BCUT2D eigenvalue weighted by atomic mass is 16.4. The van der Waals surface area contributed by atoms with Crippen molar-refractivity contribution in [2.45, 2.75) is 70.2 Å². The number of nitrogen functional groups attached to an aromatic ring is 4. The van der Waals surface area contributed by atoms with E-state index in [4.69, 9.17) is 54.2 Å². The fourth-order valence-corrected chi connectivity index (χ4v) is 3.51. The van der Waals surface area contributed by atoms with Gasteiger partial charge in [-0.3, -0.25) is 0 Å². The first-order chi connectivity index (χ1) is 20.5. The molecule has 0 radical (unpaired) electrons. The third kappa shape index (κ3) is 12.8. The van der Waals surface area contributed by atoms with E-state index in [-0.39, 0.29) is 24.0 Å². The molecule has 1 aliphatic carbocycles. The predicted molar refractivity (Wildman–Crippen MR) is 165 cm³/mol. The monoisotopic (exact) mass is 620 g/mol. The van der Waals surface area contributed by atoms with E-state index >= 15 is 0 Å². The fourth-order valence-electron chi connectivity index (χ4n) is 3.51. The van der Waals surface area contributed by atoms with Crippen molar-refractivity contribution >= 4 is 46.9 Å². The lowest BCUT2D eigenvalue weighted by Gasteiger charge is -2.15. The largest absolute Gasteiger partial charge is 0.479 e. The molecule has 2 aromatic heterocycles. The van der Waals surface area contributed by atoms with Crippen molar-refractivity contribution in [1.29, 1.82) is 10.8 Å². The van der Waals surface area contributed by atoms with Crippen LogP contribution in [0.1, 0.15) is 56.5 Å². The first-order valence-corrected chi connectivity index (χ1v) is 13.6. The molecule has 2 heterocycles. The van der Waals surface area contributed by atoms with E-state index in [1.54, 1.807) is 6.07 Å². The SMILES string of the molecule is CN[C@H](C)CC(=N)c1cc(N)nc(N)n1.CN[C@H](C)CC(=N)c1nc(N)nc(N)c1CC1CC1.O=C(O)C(O)C(O)C(=O)O. The molecule has 0 bridgehead atoms. The summed E-state index contributed by atoms with van der Waals surface area (Å²) in [5, 5.41) is 54.7. The van der Waals surface area contributed by atoms with Crippen molar-refractivity contribution in [3.8, 4) is 0 Å². The Balaban J connectivity index is 0.000000348. The van der Waals surface area contributed by atoms with Crippen LogP contribution in [-0.2, 0) is 16.0 Å². The minimum absolute atomic E-state index is 0.104. The maximum Gasteiger partial charge on any atom is 0.335 e. The molecular weight excluding hydrogens is 576 g/mol. The van der Waals surface area contributed by atoms with Crippen molar-refractivity contribution < 1.29 is 30.0 Å². The fraction of sp³-hybridized carbons (Fsp3) is 0.538. The second-order valence-corrected chi connectivity index (χ2v) is 10.3. The number of carboxylic acids is 2. The molecule has 0 spiro atoms. The molecule has 0 amide bonds. The van der Waals surface area contributed by atoms with Gasteiger partial charge in [0.25, 0.3) is 0 Å². The predicted octanol–water partition coefficient (Wildman–Crippen LogP) is -1.16. The maximum absolute atomic E-state index is 9.77. The molecule has 0 aromatic carbocycles. The molecule has 4 atom stereocenters. The summed E-state index contributed by atoms with van der Waals surface area (Å²) in [6, 6.07) is 2.00. The third-order valence-electron chi connectivity index (χ3n) is 6.42. The molecule has 3 rings (SSSR count). The van der Waals surface area contributed by atoms with Crippen LogP contribution in [0, 0.1) is 16.7 Å². The average Bonchev–Trinajstić information content (AvgIpc) is 3.77. The number of carboxylic acid groups (broad SMARTS) is 2. The number of rotatable bonds is 13. The van der Waals surface area contributed by atoms with Crippen LogP contribution in [0.15, 0.2) is 6.07 Å². The molecule has 244 valence electrons. The van der Waals surface area contributed by atoms with Gasteiger partial charge in [-0.25, -0.2) is 19.6 Å². The highest BCUT2D eigenvalue weighted by molar-refractivity contribution is 5.99. The third-order valence-corrected chi connectivity index (χ3v) is 6.42. The van der Waals surface area contributed by atoms with Crippen molar-refractivity contribution in [3.63, 3.8) is 0 Å². The number of hydrogen-bond acceptors (Lipinski definition) is 16. The van der Waals surface area contributed by atoms with Gasteiger partial charge in [0.1, 0.15) is 11.6 Å². The van der Waals surface area contributed by atoms with Gasteiger partial charge in [-0.1, -0.05) is 0 Å². The quantitative estimate of drug-likeness (QED) is 0.117. The summed E-state index contributed by atoms with van der Waals surface area (Å²) < 4.78 is 0. The lowest BCUT2D eigenvalue weighted by Crippen LogP contribution is -2.39. The summed E-state index contributed by atoms with van der Waals surface area (Å²) in [6.45, 7) is 4.02. The smallest absolute Gasteiger partial charge is 0.335 e. The number of aliphatic hydroxyl groups excluding tert-OH is 2. The van der Waals surface area contributed by atoms with Gasteiger partial charge in [-0.2, -0.15) is 9.97 Å². The van der Waals surface area contributed by atoms with Crippen molar-refractivity contribution in [3.05, 3.63) is 23.0 Å². The van der Waals surface area contributed by atoms with Crippen LogP contribution in [0.4, 0.5) is 23.5 Å². The Hall–Kier alpha value is -4.52. The maximum atomic E-state index is 9.77. The zero-order valence-corrected chi connectivity index (χ0v) is 25.2. The highest BCUT2D eigenvalue weighted by Crippen LogP contribution is 2.35. The van der Waals surface area contributed by atoms with Gasteiger partial charge in [-0.15, -0.1) is 0 Å². The molecule has 1 saturated carbocycles. The Kier molecular flexibility index (Phi) is 15.0. The Labute approximate surface area is 254 Å². The van der Waals surface area contributed by atoms with Gasteiger partial charge in [0.05, 0.1) is 22.8 Å². The van der Waals surface area contributed by atoms with E-state index in [1.165, 1.54) is 12.8 Å². The van der Waals surface area contributed by atoms with Crippen molar-refractivity contribution in [2.75, 3.05) is 37.0 Å². The topological polar surface area (TPSA) is 342 Å². The minimum atomic E-state index is -2.27. The molecule has 44 heavy (non-hydrogen) atoms. The average molecular weight is 621 g/mol. The molecule has 0 aliphatic heterocycles. The summed E-state index contributed by atoms with van der Waals surface area (Å²) in [5.74, 6) is -1.90. The molecular formula is C26H44N12O6. The molecule has 1 aliphatic rings. The van der Waals surface area contributed by atoms with Gasteiger partial charge in [0, 0.05) is 36.6 Å². The molecule has 1 fully saturated rings. The Morgan fingerprint density at radius 1 is 0.864 bits per heavy atom. The Morgan fingerprint density at radius 2 is 1.34 bits per heavy atom. The summed E-state index contributed by atoms with van der Waals surface area (Å²) >= 11 is 0. The number of nitrogens with one attached hydrogen (secondary N) is 4. The lowest BCUT2D eigenvalue weighted by atomic mass is 10.0. The van der Waals surface area contributed by atoms with Gasteiger partial charge >= 0.3 is 11.9 Å². The number of aromatic nitrogens is 4. The van der Waals surface area contributed by atoms with E-state index in [0.29, 0.717) is 53.2 Å². The lowest BCUT2D eigenvalue weighted by molar-refractivity contribution is -0.165. The van der Waals surface area contributed by atoms with E-state index in [0.717, 1.165) is 12.0 Å². The van der Waals surface area contributed by atoms with Crippen LogP contribution < -0.4 is 33.6 Å². The molecule has 2 aromatic rings. The summed E-state index contributed by atoms with van der Waals surface area (Å²) in [7, 11) is 3.73. The highest BCUT2D eigenvalue weighted by Gasteiger charge is 2.29. The van der Waals surface area contributed by atoms with Crippen LogP contribution in [-0.4, -0.2) is 102 Å². The first-order valence-electron chi connectivity index (χ1n) is 13.6. The minimum Gasteiger partial charge on any atom is -0.479 e. The molecule has 0 saturated heterocycles. The van der Waals surface area contributed by atoms with Crippen LogP contribution in [0.2, 0.25) is 0 Å². The number of nitrogens with two attached hydrogens (primary N) is 4. The number of anilines is 4. The normalized spacial score (nSPS) is 14.9. The number of aliphatic hydroxyl groups is 2. The van der Waals surface area contributed by atoms with Crippen molar-refractivity contribution in [1.82, 2.24) is 30.6 Å². The van der Waals surface area contributed by atoms with Gasteiger partial charge < -0.3 is 64.8 Å². The van der Waals surface area contributed by atoms with Crippen molar-refractivity contribution in [2.24, 2.45) is 5.92 Å². The second kappa shape index (κ2) is 17.6. The molecule has 18 heteroatoms. The Morgan fingerprint density at radius 3 is 1.77 bits per heavy atom. The summed E-state index contributed by atoms with van der Waals surface area (Å²) in [5.41, 5.74) is 25.5. The van der Waals surface area contributed by atoms with Gasteiger partial charge in [-0.05, 0) is 53.1 Å². The van der Waals surface area contributed by atoms with Crippen LogP contribution >= 0.6 is 0 Å². The zero-order valence-electron chi connectivity index (χ0n) is 25.2. The van der Waals surface area contributed by atoms with E-state index in [2.05, 4.69) is 30.6 Å². The Bertz CT molecular complexity index is 1270. The van der Waals surface area contributed by atoms with Crippen LogP contribution in [0.3, 0.4) is 0 Å². The van der Waals surface area contributed by atoms with Crippen LogP contribution in [0.25, 0.3) is 0 Å². The van der Waals surface area contributed by atoms with Gasteiger partial charge in [0.2, 0.25) is 11.9 Å². The summed E-state index contributed by atoms with van der Waals surface area (Å²) in [6.07, 6.45) is -0.0451. The van der Waals surface area contributed by atoms with Gasteiger partial charge in [0.15, 0.2) is 12.2 Å². The van der Waals surface area contributed by atoms with Crippen LogP contribution in [0.5, 0.6) is 0 Å². The van der Waals surface area contributed by atoms with E-state index < -0.39 is 24.1 Å². The van der Waals surface area contributed by atoms with E-state index in [1.807, 2.05) is 27.9 Å². The first kappa shape index (κ1) is 37.5. The molecule has 18 nitrogen and oxygen atoms in total. The second-order valence-electron chi connectivity index (χ2n) is 10.3. The summed E-state index contributed by atoms with van der Waals surface area (Å²) in [4.78, 5) is 35.5. The van der Waals surface area contributed by atoms with E-state index in [9.17, 15) is 9.59 Å². The number of aliphatic carboxylic acids is 2. The molecule has 16 N–H and O–H groups in total. The standard InChI is InChI=1S/C13H22N6.C9H16N6.C4H6O6/c1-7(17-2)5-10(14)11-9(6-8-3-4-8)12(15)19-13(16)18-11;1-5(13-2)3-6(10)7-4-8(11)15-9(12)14-7;5-1(3(7)8)2(6)4(9)10/h7-8,14,17H,3-6H2,1-2H3,(H4,15,16,18,19);4-5,10,13H,3H2,1-2H3,(H4,11,12,14,15);1-2,5-6H,(H,7,8)(H,9,10)/t7-;5-;/m11./s1. The number of nitrogens with zero attached hydrogens (tertiary/aromatic N) is 4. The zero-order chi connectivity index (χ0) is 33.7. The number of hydrogen-bond donors (Lipinski definition) is 12. The number of carbonyl (C=O) groups is 2.